The first-order valence-electron chi connectivity index (χ1n) is 9.45. The van der Waals surface area contributed by atoms with Crippen LogP contribution < -0.4 is 5.32 Å². The number of halogens is 1. The standard InChI is InChI=1S/C23H22BrNO2/c1-2-14-6-8-15(9-7-14)17-11-20-23(21(26)12-17)19(13-22(27)25-20)16-4-3-5-18(24)10-16/h3-10,17,19H,2,11-13H2,1H3,(H,25,27). The summed E-state index contributed by atoms with van der Waals surface area (Å²) in [6.07, 6.45) is 2.55. The highest BCUT2D eigenvalue weighted by molar-refractivity contribution is 9.10. The van der Waals surface area contributed by atoms with E-state index in [0.717, 1.165) is 27.7 Å². The minimum Gasteiger partial charge on any atom is -0.329 e. The van der Waals surface area contributed by atoms with E-state index in [-0.39, 0.29) is 23.5 Å². The Kier molecular flexibility index (Phi) is 5.00. The number of carbonyl (C=O) groups is 2. The van der Waals surface area contributed by atoms with Crippen LogP contribution in [0.15, 0.2) is 64.3 Å². The van der Waals surface area contributed by atoms with Gasteiger partial charge in [-0.3, -0.25) is 9.59 Å². The molecule has 1 amide bonds. The number of benzene rings is 2. The molecule has 0 fully saturated rings. The summed E-state index contributed by atoms with van der Waals surface area (Å²) in [6, 6.07) is 16.4. The molecule has 1 aliphatic carbocycles. The van der Waals surface area contributed by atoms with E-state index in [4.69, 9.17) is 0 Å². The fraction of sp³-hybridized carbons (Fsp3) is 0.304. The van der Waals surface area contributed by atoms with Crippen LogP contribution in [0.25, 0.3) is 0 Å². The lowest BCUT2D eigenvalue weighted by molar-refractivity contribution is -0.122. The number of hydrogen-bond acceptors (Lipinski definition) is 2. The molecule has 0 bridgehead atoms. The molecule has 0 saturated heterocycles. The maximum atomic E-state index is 13.1. The predicted molar refractivity (Wildman–Crippen MR) is 109 cm³/mol. The number of nitrogens with one attached hydrogen (secondary N) is 1. The lowest BCUT2D eigenvalue weighted by Crippen LogP contribution is -2.38. The van der Waals surface area contributed by atoms with Gasteiger partial charge < -0.3 is 5.32 Å². The highest BCUT2D eigenvalue weighted by atomic mass is 79.9. The molecule has 1 heterocycles. The highest BCUT2D eigenvalue weighted by Crippen LogP contribution is 2.42. The third-order valence-corrected chi connectivity index (χ3v) is 6.14. The molecule has 2 atom stereocenters. The van der Waals surface area contributed by atoms with Crippen LogP contribution in [0.4, 0.5) is 0 Å². The molecule has 2 aromatic carbocycles. The van der Waals surface area contributed by atoms with Crippen molar-refractivity contribution < 1.29 is 9.59 Å². The average Bonchev–Trinajstić information content (AvgIpc) is 2.67. The van der Waals surface area contributed by atoms with Crippen LogP contribution in [0.1, 0.15) is 54.7 Å². The molecular weight excluding hydrogens is 402 g/mol. The lowest BCUT2D eigenvalue weighted by Gasteiger charge is -2.34. The van der Waals surface area contributed by atoms with Crippen molar-refractivity contribution in [1.29, 1.82) is 0 Å². The maximum absolute atomic E-state index is 13.1. The van der Waals surface area contributed by atoms with Crippen molar-refractivity contribution in [2.45, 2.75) is 44.4 Å². The van der Waals surface area contributed by atoms with E-state index in [1.54, 1.807) is 0 Å². The van der Waals surface area contributed by atoms with Crippen LogP contribution in [0.2, 0.25) is 0 Å². The van der Waals surface area contributed by atoms with Gasteiger partial charge in [0.05, 0.1) is 0 Å². The van der Waals surface area contributed by atoms with Crippen molar-refractivity contribution in [3.05, 3.63) is 81.0 Å². The third kappa shape index (κ3) is 3.63. The first-order chi connectivity index (χ1) is 13.0. The fourth-order valence-corrected chi connectivity index (χ4v) is 4.65. The Morgan fingerprint density at radius 1 is 1.00 bits per heavy atom. The second kappa shape index (κ2) is 7.43. The number of aryl methyl sites for hydroxylation is 1. The summed E-state index contributed by atoms with van der Waals surface area (Å²) in [5.74, 6) is 0.130. The smallest absolute Gasteiger partial charge is 0.225 e. The Labute approximate surface area is 168 Å². The second-order valence-electron chi connectivity index (χ2n) is 7.38. The summed E-state index contributed by atoms with van der Waals surface area (Å²) in [6.45, 7) is 2.13. The number of hydrogen-bond donors (Lipinski definition) is 1. The summed E-state index contributed by atoms with van der Waals surface area (Å²) < 4.78 is 0.963. The Morgan fingerprint density at radius 2 is 1.78 bits per heavy atom. The van der Waals surface area contributed by atoms with Gasteiger partial charge in [0.25, 0.3) is 0 Å². The zero-order valence-electron chi connectivity index (χ0n) is 15.3. The van der Waals surface area contributed by atoms with Gasteiger partial charge >= 0.3 is 0 Å². The van der Waals surface area contributed by atoms with Gasteiger partial charge in [-0.2, -0.15) is 0 Å². The largest absolute Gasteiger partial charge is 0.329 e. The maximum Gasteiger partial charge on any atom is 0.225 e. The predicted octanol–water partition coefficient (Wildman–Crippen LogP) is 5.02. The number of rotatable bonds is 3. The van der Waals surface area contributed by atoms with Crippen LogP contribution in [0.5, 0.6) is 0 Å². The zero-order chi connectivity index (χ0) is 19.0. The van der Waals surface area contributed by atoms with E-state index < -0.39 is 0 Å². The number of amides is 1. The van der Waals surface area contributed by atoms with Gasteiger partial charge in [-0.25, -0.2) is 0 Å². The van der Waals surface area contributed by atoms with Gasteiger partial charge in [0, 0.05) is 34.5 Å². The zero-order valence-corrected chi connectivity index (χ0v) is 16.9. The number of allylic oxidation sites excluding steroid dienone is 2. The molecule has 0 saturated carbocycles. The molecule has 4 heteroatoms. The van der Waals surface area contributed by atoms with Gasteiger partial charge in [-0.1, -0.05) is 59.3 Å². The first kappa shape index (κ1) is 18.2. The van der Waals surface area contributed by atoms with Gasteiger partial charge in [-0.15, -0.1) is 0 Å². The van der Waals surface area contributed by atoms with E-state index in [9.17, 15) is 9.59 Å². The number of ketones is 1. The summed E-state index contributed by atoms with van der Waals surface area (Å²) in [4.78, 5) is 25.4. The highest BCUT2D eigenvalue weighted by Gasteiger charge is 2.38. The first-order valence-corrected chi connectivity index (χ1v) is 10.2. The Balaban J connectivity index is 1.68. The molecule has 27 heavy (non-hydrogen) atoms. The van der Waals surface area contributed by atoms with Crippen molar-refractivity contribution in [3.63, 3.8) is 0 Å². The van der Waals surface area contributed by atoms with Gasteiger partial charge in [0.2, 0.25) is 5.91 Å². The molecule has 0 radical (unpaired) electrons. The summed E-state index contributed by atoms with van der Waals surface area (Å²) in [7, 11) is 0. The van der Waals surface area contributed by atoms with E-state index in [1.165, 1.54) is 11.1 Å². The van der Waals surface area contributed by atoms with Crippen LogP contribution >= 0.6 is 15.9 Å². The molecule has 1 aliphatic heterocycles. The fourth-order valence-electron chi connectivity index (χ4n) is 4.23. The van der Waals surface area contributed by atoms with Crippen molar-refractivity contribution in [2.75, 3.05) is 0 Å². The number of Topliss-reactive ketones (excluding diaryl/α,β-unsaturated/α-hetero) is 1. The van der Waals surface area contributed by atoms with E-state index in [0.29, 0.717) is 19.3 Å². The lowest BCUT2D eigenvalue weighted by atomic mass is 9.73. The van der Waals surface area contributed by atoms with Crippen molar-refractivity contribution >= 4 is 27.6 Å². The monoisotopic (exact) mass is 423 g/mol. The number of carbonyl (C=O) groups excluding carboxylic acids is 2. The van der Waals surface area contributed by atoms with Crippen molar-refractivity contribution in [2.24, 2.45) is 0 Å². The van der Waals surface area contributed by atoms with Gasteiger partial charge in [0.1, 0.15) is 0 Å². The minimum atomic E-state index is -0.151. The van der Waals surface area contributed by atoms with Crippen LogP contribution in [-0.2, 0) is 16.0 Å². The van der Waals surface area contributed by atoms with Crippen molar-refractivity contribution in [1.82, 2.24) is 5.32 Å². The molecule has 2 aliphatic rings. The molecular formula is C23H22BrNO2. The van der Waals surface area contributed by atoms with E-state index in [1.807, 2.05) is 24.3 Å². The topological polar surface area (TPSA) is 46.2 Å². The Bertz CT molecular complexity index is 930. The summed E-state index contributed by atoms with van der Waals surface area (Å²) in [5.41, 5.74) is 5.10. The van der Waals surface area contributed by atoms with Crippen LogP contribution in [-0.4, -0.2) is 11.7 Å². The van der Waals surface area contributed by atoms with Crippen molar-refractivity contribution in [3.8, 4) is 0 Å². The average molecular weight is 424 g/mol. The molecule has 0 spiro atoms. The second-order valence-corrected chi connectivity index (χ2v) is 8.29. The van der Waals surface area contributed by atoms with Crippen LogP contribution in [0, 0.1) is 0 Å². The SMILES string of the molecule is CCc1ccc(C2CC(=O)C3=C(C2)NC(=O)CC3c2cccc(Br)c2)cc1. The summed E-state index contributed by atoms with van der Waals surface area (Å²) in [5, 5.41) is 2.99. The molecule has 2 unspecified atom stereocenters. The molecule has 3 nitrogen and oxygen atoms in total. The molecule has 0 aromatic heterocycles. The normalized spacial score (nSPS) is 22.4. The molecule has 2 aromatic rings. The minimum absolute atomic E-state index is 0.00601. The van der Waals surface area contributed by atoms with E-state index in [2.05, 4.69) is 52.4 Å². The van der Waals surface area contributed by atoms with Gasteiger partial charge in [-0.05, 0) is 47.6 Å². The third-order valence-electron chi connectivity index (χ3n) is 5.65. The molecule has 4 rings (SSSR count). The molecule has 1 N–H and O–H groups in total. The quantitative estimate of drug-likeness (QED) is 0.753. The Morgan fingerprint density at radius 3 is 2.48 bits per heavy atom. The Hall–Kier alpha value is -2.20. The van der Waals surface area contributed by atoms with Crippen LogP contribution in [0.3, 0.4) is 0 Å². The molecule has 138 valence electrons. The van der Waals surface area contributed by atoms with Gasteiger partial charge in [0.15, 0.2) is 5.78 Å². The summed E-state index contributed by atoms with van der Waals surface area (Å²) >= 11 is 3.50. The van der Waals surface area contributed by atoms with E-state index >= 15 is 0 Å².